The van der Waals surface area contributed by atoms with E-state index in [4.69, 9.17) is 5.11 Å². The zero-order valence-corrected chi connectivity index (χ0v) is 10.9. The Balaban J connectivity index is 1.94. The number of ketones is 1. The Kier molecular flexibility index (Phi) is 4.36. The Morgan fingerprint density at radius 2 is 1.53 bits per heavy atom. The Labute approximate surface area is 115 Å². The first kappa shape index (κ1) is 13.4. The quantitative estimate of drug-likeness (QED) is 0.869. The van der Waals surface area contributed by atoms with Crippen LogP contribution in [0.1, 0.15) is 20.7 Å². The molecule has 3 nitrogen and oxygen atoms in total. The number of hydrogen-bond acceptors (Lipinski definition) is 4. The van der Waals surface area contributed by atoms with E-state index in [0.29, 0.717) is 11.1 Å². The van der Waals surface area contributed by atoms with Gasteiger partial charge in [-0.05, 0) is 24.3 Å². The number of hydrogen-bond donors (Lipinski definition) is 1. The second-order valence-electron chi connectivity index (χ2n) is 3.91. The van der Waals surface area contributed by atoms with E-state index in [1.807, 2.05) is 6.07 Å². The van der Waals surface area contributed by atoms with Gasteiger partial charge in [0.1, 0.15) is 5.75 Å². The summed E-state index contributed by atoms with van der Waals surface area (Å²) in [4.78, 5) is 23.6. The zero-order chi connectivity index (χ0) is 13.7. The van der Waals surface area contributed by atoms with Gasteiger partial charge < -0.3 is 5.11 Å². The largest absolute Gasteiger partial charge is 0.508 e. The first-order valence-electron chi connectivity index (χ1n) is 5.71. The van der Waals surface area contributed by atoms with Gasteiger partial charge in [0.05, 0.1) is 5.75 Å². The predicted molar refractivity (Wildman–Crippen MR) is 75.7 cm³/mol. The number of benzene rings is 2. The van der Waals surface area contributed by atoms with Gasteiger partial charge in [0.15, 0.2) is 5.78 Å². The molecular weight excluding hydrogens is 260 g/mol. The Morgan fingerprint density at radius 1 is 0.895 bits per heavy atom. The lowest BCUT2D eigenvalue weighted by molar-refractivity contribution is 0.101. The van der Waals surface area contributed by atoms with Gasteiger partial charge in [0, 0.05) is 11.1 Å². The molecule has 0 bridgehead atoms. The van der Waals surface area contributed by atoms with E-state index < -0.39 is 0 Å². The van der Waals surface area contributed by atoms with Crippen LogP contribution in [-0.2, 0) is 0 Å². The second-order valence-corrected chi connectivity index (χ2v) is 4.86. The van der Waals surface area contributed by atoms with Crippen LogP contribution in [0, 0.1) is 0 Å². The van der Waals surface area contributed by atoms with E-state index in [-0.39, 0.29) is 22.4 Å². The highest BCUT2D eigenvalue weighted by atomic mass is 32.2. The molecule has 0 fully saturated rings. The number of aromatic hydroxyl groups is 1. The highest BCUT2D eigenvalue weighted by Gasteiger charge is 2.11. The van der Waals surface area contributed by atoms with Crippen LogP contribution in [0.2, 0.25) is 0 Å². The minimum absolute atomic E-state index is 0.0715. The van der Waals surface area contributed by atoms with Gasteiger partial charge in [-0.1, -0.05) is 42.1 Å². The highest BCUT2D eigenvalue weighted by Crippen LogP contribution is 2.17. The summed E-state index contributed by atoms with van der Waals surface area (Å²) in [6, 6.07) is 14.9. The molecule has 19 heavy (non-hydrogen) atoms. The third-order valence-corrected chi connectivity index (χ3v) is 3.44. The van der Waals surface area contributed by atoms with Crippen molar-refractivity contribution in [1.29, 1.82) is 0 Å². The molecule has 0 amide bonds. The van der Waals surface area contributed by atoms with E-state index in [0.717, 1.165) is 11.8 Å². The summed E-state index contributed by atoms with van der Waals surface area (Å²) in [5.74, 6) is 0.156. The van der Waals surface area contributed by atoms with Crippen molar-refractivity contribution in [1.82, 2.24) is 0 Å². The van der Waals surface area contributed by atoms with Crippen LogP contribution in [-0.4, -0.2) is 21.8 Å². The van der Waals surface area contributed by atoms with Crippen LogP contribution < -0.4 is 0 Å². The highest BCUT2D eigenvalue weighted by molar-refractivity contribution is 8.14. The van der Waals surface area contributed by atoms with E-state index in [1.54, 1.807) is 24.3 Å². The summed E-state index contributed by atoms with van der Waals surface area (Å²) in [6.07, 6.45) is 0. The SMILES string of the molecule is O=C(CSC(=O)c1ccc(O)cc1)c1ccccc1. The predicted octanol–water partition coefficient (Wildman–Crippen LogP) is 3.15. The topological polar surface area (TPSA) is 54.4 Å². The molecule has 0 aliphatic carbocycles. The van der Waals surface area contributed by atoms with Crippen LogP contribution in [0.25, 0.3) is 0 Å². The van der Waals surface area contributed by atoms with E-state index in [1.165, 1.54) is 24.3 Å². The van der Waals surface area contributed by atoms with Crippen LogP contribution in [0.15, 0.2) is 54.6 Å². The molecule has 2 aromatic rings. The maximum atomic E-state index is 11.8. The molecule has 0 radical (unpaired) electrons. The fourth-order valence-electron chi connectivity index (χ4n) is 1.52. The number of rotatable bonds is 4. The van der Waals surface area contributed by atoms with Crippen LogP contribution in [0.3, 0.4) is 0 Å². The van der Waals surface area contributed by atoms with Gasteiger partial charge in [0.25, 0.3) is 0 Å². The number of phenols is 1. The standard InChI is InChI=1S/C15H12O3S/c16-13-8-6-12(7-9-13)15(18)19-10-14(17)11-4-2-1-3-5-11/h1-9,16H,10H2. The molecule has 96 valence electrons. The lowest BCUT2D eigenvalue weighted by Crippen LogP contribution is -2.05. The fourth-order valence-corrected chi connectivity index (χ4v) is 2.25. The van der Waals surface area contributed by atoms with Crippen LogP contribution in [0.4, 0.5) is 0 Å². The first-order valence-corrected chi connectivity index (χ1v) is 6.70. The number of carbonyl (C=O) groups excluding carboxylic acids is 2. The van der Waals surface area contributed by atoms with Gasteiger partial charge in [-0.3, -0.25) is 9.59 Å². The molecule has 1 N–H and O–H groups in total. The number of Topliss-reactive ketones (excluding diaryl/α,β-unsaturated/α-hetero) is 1. The van der Waals surface area contributed by atoms with Crippen molar-refractivity contribution in [2.75, 3.05) is 5.75 Å². The summed E-state index contributed by atoms with van der Waals surface area (Å²) in [5.41, 5.74) is 1.08. The first-order chi connectivity index (χ1) is 9.16. The summed E-state index contributed by atoms with van der Waals surface area (Å²) in [7, 11) is 0. The van der Waals surface area contributed by atoms with Crippen molar-refractivity contribution in [3.05, 3.63) is 65.7 Å². The molecule has 2 aromatic carbocycles. The average Bonchev–Trinajstić information content (AvgIpc) is 2.46. The molecule has 0 aromatic heterocycles. The number of carbonyl (C=O) groups is 2. The molecule has 0 unspecified atom stereocenters. The van der Waals surface area contributed by atoms with Gasteiger partial charge >= 0.3 is 0 Å². The smallest absolute Gasteiger partial charge is 0.219 e. The zero-order valence-electron chi connectivity index (χ0n) is 10.1. The van der Waals surface area contributed by atoms with Gasteiger partial charge in [-0.2, -0.15) is 0 Å². The van der Waals surface area contributed by atoms with Gasteiger partial charge in [0.2, 0.25) is 5.12 Å². The maximum Gasteiger partial charge on any atom is 0.219 e. The van der Waals surface area contributed by atoms with E-state index in [9.17, 15) is 9.59 Å². The molecular formula is C15H12O3S. The third kappa shape index (κ3) is 3.69. The van der Waals surface area contributed by atoms with Crippen LogP contribution >= 0.6 is 11.8 Å². The third-order valence-electron chi connectivity index (χ3n) is 2.53. The molecule has 4 heteroatoms. The molecule has 0 aliphatic heterocycles. The Hall–Kier alpha value is -2.07. The maximum absolute atomic E-state index is 11.8. The lowest BCUT2D eigenvalue weighted by atomic mass is 10.2. The molecule has 2 rings (SSSR count). The average molecular weight is 272 g/mol. The number of phenolic OH excluding ortho intramolecular Hbond substituents is 1. The normalized spacial score (nSPS) is 10.1. The molecule has 0 saturated carbocycles. The molecule has 0 saturated heterocycles. The van der Waals surface area contributed by atoms with Crippen LogP contribution in [0.5, 0.6) is 5.75 Å². The fraction of sp³-hybridized carbons (Fsp3) is 0.0667. The van der Waals surface area contributed by atoms with Crippen molar-refractivity contribution in [2.45, 2.75) is 0 Å². The monoisotopic (exact) mass is 272 g/mol. The van der Waals surface area contributed by atoms with E-state index in [2.05, 4.69) is 0 Å². The minimum atomic E-state index is -0.177. The molecule has 0 aliphatic rings. The van der Waals surface area contributed by atoms with Crippen molar-refractivity contribution in [3.8, 4) is 5.75 Å². The number of thioether (sulfide) groups is 1. The summed E-state index contributed by atoms with van der Waals surface area (Å²) < 4.78 is 0. The molecule has 0 spiro atoms. The summed E-state index contributed by atoms with van der Waals surface area (Å²) in [5, 5.41) is 8.96. The minimum Gasteiger partial charge on any atom is -0.508 e. The van der Waals surface area contributed by atoms with Crippen molar-refractivity contribution >= 4 is 22.7 Å². The summed E-state index contributed by atoms with van der Waals surface area (Å²) in [6.45, 7) is 0. The Bertz CT molecular complexity index is 576. The second kappa shape index (κ2) is 6.20. The Morgan fingerprint density at radius 3 is 2.16 bits per heavy atom. The van der Waals surface area contributed by atoms with Crippen molar-refractivity contribution < 1.29 is 14.7 Å². The summed E-state index contributed by atoms with van der Waals surface area (Å²) >= 11 is 0.968. The van der Waals surface area contributed by atoms with Gasteiger partial charge in [-0.15, -0.1) is 0 Å². The molecule has 0 heterocycles. The van der Waals surface area contributed by atoms with E-state index >= 15 is 0 Å². The molecule has 0 atom stereocenters. The lowest BCUT2D eigenvalue weighted by Gasteiger charge is -2.01. The van der Waals surface area contributed by atoms with Crippen molar-refractivity contribution in [3.63, 3.8) is 0 Å². The van der Waals surface area contributed by atoms with Gasteiger partial charge in [-0.25, -0.2) is 0 Å². The van der Waals surface area contributed by atoms with Crippen molar-refractivity contribution in [2.24, 2.45) is 0 Å².